The molecule has 1 N–H and O–H groups in total. The molecule has 0 saturated carbocycles. The Balaban J connectivity index is 2.30. The lowest BCUT2D eigenvalue weighted by Gasteiger charge is -2.30. The maximum Gasteiger partial charge on any atom is 0.330 e. The Bertz CT molecular complexity index is 660. The summed E-state index contributed by atoms with van der Waals surface area (Å²) in [6, 6.07) is 5.87. The van der Waals surface area contributed by atoms with E-state index in [0.717, 1.165) is 4.90 Å². The fraction of sp³-hybridized carbons (Fsp3) is 0.267. The van der Waals surface area contributed by atoms with Crippen LogP contribution >= 0.6 is 11.6 Å². The van der Waals surface area contributed by atoms with E-state index in [0.29, 0.717) is 17.0 Å². The molecule has 108 valence electrons. The summed E-state index contributed by atoms with van der Waals surface area (Å²) in [4.78, 5) is 37.2. The molecule has 0 aromatic heterocycles. The first-order valence-corrected chi connectivity index (χ1v) is 6.74. The molecular formula is C15H13ClN2O3. The van der Waals surface area contributed by atoms with Crippen LogP contribution < -0.4 is 5.32 Å². The Kier molecular flexibility index (Phi) is 4.61. The molecule has 0 aliphatic carbocycles. The minimum Gasteiger partial charge on any atom is -0.277 e. The largest absolute Gasteiger partial charge is 0.330 e. The standard InChI is InChI=1S/C15H13ClN2O3/c1-2-3-6-9-18-14(20)12(13(19)17-15(18)21)10-7-4-5-8-11(10)16/h4-5,7-8,12H,6,9H2,1H3,(H,17,19,21). The number of rotatable bonds is 3. The zero-order valence-corrected chi connectivity index (χ0v) is 12.1. The first-order valence-electron chi connectivity index (χ1n) is 6.36. The first kappa shape index (κ1) is 15.1. The van der Waals surface area contributed by atoms with Crippen molar-refractivity contribution >= 4 is 29.4 Å². The molecule has 1 aliphatic heterocycles. The zero-order chi connectivity index (χ0) is 15.4. The monoisotopic (exact) mass is 304 g/mol. The van der Waals surface area contributed by atoms with E-state index in [1.54, 1.807) is 31.2 Å². The molecular weight excluding hydrogens is 292 g/mol. The van der Waals surface area contributed by atoms with Crippen molar-refractivity contribution in [2.24, 2.45) is 0 Å². The topological polar surface area (TPSA) is 66.5 Å². The number of nitrogens with zero attached hydrogens (tertiary/aromatic N) is 1. The van der Waals surface area contributed by atoms with Crippen LogP contribution in [0, 0.1) is 11.8 Å². The van der Waals surface area contributed by atoms with Gasteiger partial charge in [0.05, 0.1) is 0 Å². The third-order valence-electron chi connectivity index (χ3n) is 3.10. The summed E-state index contributed by atoms with van der Waals surface area (Å²) in [6.45, 7) is 1.81. The summed E-state index contributed by atoms with van der Waals surface area (Å²) < 4.78 is 0. The molecule has 4 amide bonds. The molecule has 1 aromatic carbocycles. The summed E-state index contributed by atoms with van der Waals surface area (Å²) >= 11 is 6.04. The number of imide groups is 2. The van der Waals surface area contributed by atoms with Crippen LogP contribution in [-0.4, -0.2) is 29.3 Å². The predicted molar refractivity (Wildman–Crippen MR) is 77.5 cm³/mol. The lowest BCUT2D eigenvalue weighted by Crippen LogP contribution is -2.57. The van der Waals surface area contributed by atoms with E-state index in [-0.39, 0.29) is 6.54 Å². The Morgan fingerprint density at radius 1 is 1.29 bits per heavy atom. The third-order valence-corrected chi connectivity index (χ3v) is 3.45. The van der Waals surface area contributed by atoms with E-state index in [2.05, 4.69) is 17.2 Å². The summed E-state index contributed by atoms with van der Waals surface area (Å²) in [7, 11) is 0. The van der Waals surface area contributed by atoms with Gasteiger partial charge >= 0.3 is 6.03 Å². The number of urea groups is 1. The van der Waals surface area contributed by atoms with Crippen LogP contribution in [0.15, 0.2) is 24.3 Å². The molecule has 1 aromatic rings. The number of hydrogen-bond donors (Lipinski definition) is 1. The van der Waals surface area contributed by atoms with Crippen LogP contribution in [0.3, 0.4) is 0 Å². The van der Waals surface area contributed by atoms with E-state index in [9.17, 15) is 14.4 Å². The molecule has 1 aliphatic rings. The van der Waals surface area contributed by atoms with Crippen molar-refractivity contribution < 1.29 is 14.4 Å². The average molecular weight is 305 g/mol. The second-order valence-corrected chi connectivity index (χ2v) is 4.82. The van der Waals surface area contributed by atoms with Gasteiger partial charge in [0.2, 0.25) is 11.8 Å². The van der Waals surface area contributed by atoms with Gasteiger partial charge in [-0.3, -0.25) is 19.8 Å². The van der Waals surface area contributed by atoms with Crippen LogP contribution in [0.5, 0.6) is 0 Å². The molecule has 2 rings (SSSR count). The van der Waals surface area contributed by atoms with Gasteiger partial charge in [0.1, 0.15) is 5.92 Å². The van der Waals surface area contributed by atoms with Crippen LogP contribution in [0.1, 0.15) is 24.8 Å². The highest BCUT2D eigenvalue weighted by Gasteiger charge is 2.41. The van der Waals surface area contributed by atoms with Crippen LogP contribution in [0.4, 0.5) is 4.79 Å². The molecule has 1 unspecified atom stereocenters. The van der Waals surface area contributed by atoms with Gasteiger partial charge in [0, 0.05) is 18.0 Å². The summed E-state index contributed by atoms with van der Waals surface area (Å²) in [6.07, 6.45) is 0.360. The minimum absolute atomic E-state index is 0.139. The van der Waals surface area contributed by atoms with Gasteiger partial charge in [-0.15, -0.1) is 11.8 Å². The molecule has 6 heteroatoms. The van der Waals surface area contributed by atoms with Gasteiger partial charge in [-0.2, -0.15) is 0 Å². The second-order valence-electron chi connectivity index (χ2n) is 4.42. The van der Waals surface area contributed by atoms with Crippen molar-refractivity contribution in [2.45, 2.75) is 19.3 Å². The Morgan fingerprint density at radius 3 is 2.67 bits per heavy atom. The molecule has 0 radical (unpaired) electrons. The Labute approximate surface area is 127 Å². The second kappa shape index (κ2) is 6.42. The van der Waals surface area contributed by atoms with E-state index in [4.69, 9.17) is 11.6 Å². The van der Waals surface area contributed by atoms with E-state index in [1.807, 2.05) is 0 Å². The van der Waals surface area contributed by atoms with E-state index >= 15 is 0 Å². The normalized spacial score (nSPS) is 18.1. The number of amides is 4. The highest BCUT2D eigenvalue weighted by molar-refractivity contribution is 6.32. The molecule has 5 nitrogen and oxygen atoms in total. The van der Waals surface area contributed by atoms with Gasteiger partial charge in [-0.25, -0.2) is 4.79 Å². The number of benzene rings is 1. The first-order chi connectivity index (χ1) is 10.1. The third kappa shape index (κ3) is 3.06. The lowest BCUT2D eigenvalue weighted by molar-refractivity contribution is -0.138. The Hall–Kier alpha value is -2.32. The summed E-state index contributed by atoms with van der Waals surface area (Å²) in [5.74, 6) is 3.13. The Morgan fingerprint density at radius 2 is 2.00 bits per heavy atom. The van der Waals surface area contributed by atoms with Crippen molar-refractivity contribution in [3.05, 3.63) is 34.9 Å². The smallest absolute Gasteiger partial charge is 0.277 e. The van der Waals surface area contributed by atoms with Gasteiger partial charge in [0.25, 0.3) is 0 Å². The maximum atomic E-state index is 12.4. The van der Waals surface area contributed by atoms with Crippen molar-refractivity contribution in [2.75, 3.05) is 6.54 Å². The van der Waals surface area contributed by atoms with Crippen molar-refractivity contribution in [1.82, 2.24) is 10.2 Å². The quantitative estimate of drug-likeness (QED) is 0.685. The van der Waals surface area contributed by atoms with Gasteiger partial charge < -0.3 is 0 Å². The number of nitrogens with one attached hydrogen (secondary N) is 1. The van der Waals surface area contributed by atoms with Crippen molar-refractivity contribution in [1.29, 1.82) is 0 Å². The SMILES string of the molecule is CC#CCCN1C(=O)NC(=O)C(c2ccccc2Cl)C1=O. The zero-order valence-electron chi connectivity index (χ0n) is 11.4. The van der Waals surface area contributed by atoms with Gasteiger partial charge in [-0.05, 0) is 18.6 Å². The lowest BCUT2D eigenvalue weighted by atomic mass is 9.95. The molecule has 1 saturated heterocycles. The molecule has 1 atom stereocenters. The minimum atomic E-state index is -1.11. The molecule has 0 spiro atoms. The van der Waals surface area contributed by atoms with E-state index in [1.165, 1.54) is 0 Å². The molecule has 1 heterocycles. The maximum absolute atomic E-state index is 12.4. The summed E-state index contributed by atoms with van der Waals surface area (Å²) in [5.41, 5.74) is 0.390. The number of halogens is 1. The van der Waals surface area contributed by atoms with Gasteiger partial charge in [-0.1, -0.05) is 29.8 Å². The highest BCUT2D eigenvalue weighted by atomic mass is 35.5. The fourth-order valence-corrected chi connectivity index (χ4v) is 2.35. The van der Waals surface area contributed by atoms with Crippen LogP contribution in [-0.2, 0) is 9.59 Å². The van der Waals surface area contributed by atoms with Gasteiger partial charge in [0.15, 0.2) is 0 Å². The van der Waals surface area contributed by atoms with Crippen LogP contribution in [0.2, 0.25) is 5.02 Å². The summed E-state index contributed by atoms with van der Waals surface area (Å²) in [5, 5.41) is 2.50. The number of carbonyl (C=O) groups is 3. The van der Waals surface area contributed by atoms with Crippen molar-refractivity contribution in [3.8, 4) is 11.8 Å². The number of carbonyl (C=O) groups excluding carboxylic acids is 3. The highest BCUT2D eigenvalue weighted by Crippen LogP contribution is 2.28. The fourth-order valence-electron chi connectivity index (χ4n) is 2.10. The van der Waals surface area contributed by atoms with E-state index < -0.39 is 23.8 Å². The molecule has 0 bridgehead atoms. The average Bonchev–Trinajstić information content (AvgIpc) is 2.44. The number of hydrogen-bond acceptors (Lipinski definition) is 3. The van der Waals surface area contributed by atoms with Crippen LogP contribution in [0.25, 0.3) is 0 Å². The molecule has 21 heavy (non-hydrogen) atoms. The predicted octanol–water partition coefficient (Wildman–Crippen LogP) is 1.92. The number of barbiturate groups is 1. The molecule has 1 fully saturated rings. The van der Waals surface area contributed by atoms with Crippen molar-refractivity contribution in [3.63, 3.8) is 0 Å².